The Labute approximate surface area is 138 Å². The number of benzene rings is 1. The number of nitrogens with one attached hydrogen (secondary N) is 1. The first-order valence-electron chi connectivity index (χ1n) is 7.75. The molecule has 1 atom stereocenters. The molecule has 130 valence electrons. The molecule has 0 saturated heterocycles. The largest absolute Gasteiger partial charge is 0.417 e. The number of pyridine rings is 1. The van der Waals surface area contributed by atoms with Gasteiger partial charge in [-0.1, -0.05) is 32.0 Å². The van der Waals surface area contributed by atoms with Crippen LogP contribution in [0.5, 0.6) is 0 Å². The molecule has 0 fully saturated rings. The van der Waals surface area contributed by atoms with Gasteiger partial charge in [0.25, 0.3) is 0 Å². The van der Waals surface area contributed by atoms with Crippen molar-refractivity contribution in [1.82, 2.24) is 10.3 Å². The Balaban J connectivity index is 2.35. The fraction of sp³-hybridized carbons (Fsp3) is 0.389. The van der Waals surface area contributed by atoms with Crippen LogP contribution in [0.25, 0.3) is 11.3 Å². The number of rotatable bonds is 5. The lowest BCUT2D eigenvalue weighted by atomic mass is 10.0. The number of alkyl halides is 3. The summed E-state index contributed by atoms with van der Waals surface area (Å²) in [5.41, 5.74) is -0.614. The topological polar surface area (TPSA) is 24.9 Å². The van der Waals surface area contributed by atoms with Crippen molar-refractivity contribution in [3.63, 3.8) is 0 Å². The highest BCUT2D eigenvalue weighted by Crippen LogP contribution is 2.36. The average molecular weight is 340 g/mol. The minimum absolute atomic E-state index is 0.0526. The molecule has 0 radical (unpaired) electrons. The molecule has 24 heavy (non-hydrogen) atoms. The SMILES string of the molecule is CC(C)[C@@H](C)NCc1nc(-c2ccccc2C(F)(F)F)ccc1F. The molecule has 0 amide bonds. The van der Waals surface area contributed by atoms with E-state index in [9.17, 15) is 17.6 Å². The molecule has 1 aromatic heterocycles. The molecule has 0 saturated carbocycles. The minimum Gasteiger partial charge on any atom is -0.308 e. The van der Waals surface area contributed by atoms with Crippen LogP contribution in [-0.2, 0) is 12.7 Å². The summed E-state index contributed by atoms with van der Waals surface area (Å²) in [5, 5.41) is 3.14. The van der Waals surface area contributed by atoms with Gasteiger partial charge >= 0.3 is 6.18 Å². The normalized spacial score (nSPS) is 13.3. The second-order valence-electron chi connectivity index (χ2n) is 6.08. The molecule has 2 rings (SSSR count). The lowest BCUT2D eigenvalue weighted by Crippen LogP contribution is -2.30. The summed E-state index contributed by atoms with van der Waals surface area (Å²) in [6.45, 7) is 6.17. The smallest absolute Gasteiger partial charge is 0.308 e. The van der Waals surface area contributed by atoms with Crippen molar-refractivity contribution in [3.8, 4) is 11.3 Å². The van der Waals surface area contributed by atoms with Crippen molar-refractivity contribution in [2.45, 2.75) is 39.5 Å². The van der Waals surface area contributed by atoms with E-state index in [2.05, 4.69) is 10.3 Å². The standard InChI is InChI=1S/C18H20F4N2/c1-11(2)12(3)23-10-17-15(19)8-9-16(24-17)13-6-4-5-7-14(13)18(20,21)22/h4-9,11-12,23H,10H2,1-3H3/t12-/m1/s1. The van der Waals surface area contributed by atoms with Crippen LogP contribution in [0.1, 0.15) is 32.0 Å². The molecule has 0 spiro atoms. The number of hydrogen-bond donors (Lipinski definition) is 1. The summed E-state index contributed by atoms with van der Waals surface area (Å²) >= 11 is 0. The highest BCUT2D eigenvalue weighted by molar-refractivity contribution is 5.64. The van der Waals surface area contributed by atoms with Gasteiger partial charge < -0.3 is 5.32 Å². The second kappa shape index (κ2) is 7.30. The van der Waals surface area contributed by atoms with Gasteiger partial charge in [0.1, 0.15) is 5.82 Å². The van der Waals surface area contributed by atoms with Crippen LogP contribution in [-0.4, -0.2) is 11.0 Å². The summed E-state index contributed by atoms with van der Waals surface area (Å²) in [4.78, 5) is 4.11. The third-order valence-electron chi connectivity index (χ3n) is 4.02. The molecule has 0 bridgehead atoms. The number of hydrogen-bond acceptors (Lipinski definition) is 2. The first-order valence-corrected chi connectivity index (χ1v) is 7.75. The van der Waals surface area contributed by atoms with Crippen LogP contribution in [0.3, 0.4) is 0 Å². The molecular formula is C18H20F4N2. The lowest BCUT2D eigenvalue weighted by molar-refractivity contribution is -0.137. The first-order chi connectivity index (χ1) is 11.2. The molecule has 2 aromatic rings. The highest BCUT2D eigenvalue weighted by atomic mass is 19.4. The Bertz CT molecular complexity index is 696. The fourth-order valence-corrected chi connectivity index (χ4v) is 2.21. The second-order valence-corrected chi connectivity index (χ2v) is 6.08. The van der Waals surface area contributed by atoms with E-state index in [0.29, 0.717) is 5.92 Å². The van der Waals surface area contributed by atoms with Crippen molar-refractivity contribution in [1.29, 1.82) is 0 Å². The fourth-order valence-electron chi connectivity index (χ4n) is 2.21. The Morgan fingerprint density at radius 1 is 1.04 bits per heavy atom. The summed E-state index contributed by atoms with van der Waals surface area (Å²) in [6.07, 6.45) is -4.49. The predicted octanol–water partition coefficient (Wildman–Crippen LogP) is 5.04. The first kappa shape index (κ1) is 18.4. The van der Waals surface area contributed by atoms with Gasteiger partial charge in [-0.05, 0) is 31.0 Å². The molecule has 1 heterocycles. The Hall–Kier alpha value is -1.95. The van der Waals surface area contributed by atoms with Crippen molar-refractivity contribution >= 4 is 0 Å². The Morgan fingerprint density at radius 2 is 1.71 bits per heavy atom. The molecule has 0 aliphatic rings. The zero-order valence-corrected chi connectivity index (χ0v) is 13.8. The zero-order valence-electron chi connectivity index (χ0n) is 13.8. The van der Waals surface area contributed by atoms with Crippen LogP contribution in [0.2, 0.25) is 0 Å². The van der Waals surface area contributed by atoms with Crippen LogP contribution in [0, 0.1) is 11.7 Å². The number of aromatic nitrogens is 1. The van der Waals surface area contributed by atoms with Crippen molar-refractivity contribution in [2.75, 3.05) is 0 Å². The molecule has 1 N–H and O–H groups in total. The zero-order chi connectivity index (χ0) is 17.9. The summed E-state index contributed by atoms with van der Waals surface area (Å²) < 4.78 is 53.4. The van der Waals surface area contributed by atoms with Gasteiger partial charge in [0, 0.05) is 18.2 Å². The molecule has 0 unspecified atom stereocenters. The average Bonchev–Trinajstić information content (AvgIpc) is 2.53. The van der Waals surface area contributed by atoms with E-state index in [1.165, 1.54) is 24.3 Å². The lowest BCUT2D eigenvalue weighted by Gasteiger charge is -2.18. The van der Waals surface area contributed by atoms with E-state index >= 15 is 0 Å². The third-order valence-corrected chi connectivity index (χ3v) is 4.02. The molecule has 0 aliphatic heterocycles. The maximum absolute atomic E-state index is 13.9. The van der Waals surface area contributed by atoms with Crippen LogP contribution < -0.4 is 5.32 Å². The van der Waals surface area contributed by atoms with Gasteiger partial charge in [0.05, 0.1) is 17.0 Å². The van der Waals surface area contributed by atoms with Crippen LogP contribution in [0.15, 0.2) is 36.4 Å². The minimum atomic E-state index is -4.49. The molecular weight excluding hydrogens is 320 g/mol. The van der Waals surface area contributed by atoms with E-state index in [1.54, 1.807) is 0 Å². The van der Waals surface area contributed by atoms with E-state index < -0.39 is 17.6 Å². The Kier molecular flexibility index (Phi) is 5.59. The maximum Gasteiger partial charge on any atom is 0.417 e. The highest BCUT2D eigenvalue weighted by Gasteiger charge is 2.33. The van der Waals surface area contributed by atoms with Gasteiger partial charge in [-0.3, -0.25) is 0 Å². The number of nitrogens with zero attached hydrogens (tertiary/aromatic N) is 1. The van der Waals surface area contributed by atoms with Crippen LogP contribution >= 0.6 is 0 Å². The maximum atomic E-state index is 13.9. The third kappa shape index (κ3) is 4.32. The van der Waals surface area contributed by atoms with Crippen LogP contribution in [0.4, 0.5) is 17.6 Å². The predicted molar refractivity (Wildman–Crippen MR) is 85.8 cm³/mol. The van der Waals surface area contributed by atoms with Gasteiger partial charge in [-0.2, -0.15) is 13.2 Å². The van der Waals surface area contributed by atoms with Gasteiger partial charge in [0.15, 0.2) is 0 Å². The number of halogens is 4. The molecule has 1 aromatic carbocycles. The molecule has 2 nitrogen and oxygen atoms in total. The van der Waals surface area contributed by atoms with E-state index in [-0.39, 0.29) is 29.5 Å². The Morgan fingerprint density at radius 3 is 2.33 bits per heavy atom. The van der Waals surface area contributed by atoms with Crippen molar-refractivity contribution in [2.24, 2.45) is 5.92 Å². The monoisotopic (exact) mass is 340 g/mol. The molecule has 0 aliphatic carbocycles. The van der Waals surface area contributed by atoms with E-state index in [0.717, 1.165) is 12.1 Å². The molecule has 6 heteroatoms. The van der Waals surface area contributed by atoms with Gasteiger partial charge in [-0.15, -0.1) is 0 Å². The quantitative estimate of drug-likeness (QED) is 0.771. The summed E-state index contributed by atoms with van der Waals surface area (Å²) in [6, 6.07) is 7.74. The summed E-state index contributed by atoms with van der Waals surface area (Å²) in [7, 11) is 0. The van der Waals surface area contributed by atoms with E-state index in [4.69, 9.17) is 0 Å². The van der Waals surface area contributed by atoms with Crippen molar-refractivity contribution < 1.29 is 17.6 Å². The van der Waals surface area contributed by atoms with E-state index in [1.807, 2.05) is 20.8 Å². The van der Waals surface area contributed by atoms with Crippen molar-refractivity contribution in [3.05, 3.63) is 53.5 Å². The van der Waals surface area contributed by atoms with Gasteiger partial charge in [0.2, 0.25) is 0 Å². The van der Waals surface area contributed by atoms with Gasteiger partial charge in [-0.25, -0.2) is 9.37 Å². The summed E-state index contributed by atoms with van der Waals surface area (Å²) in [5.74, 6) is -0.186.